The molecule has 0 heterocycles. The van der Waals surface area contributed by atoms with Gasteiger partial charge < -0.3 is 10.1 Å². The van der Waals surface area contributed by atoms with Crippen molar-refractivity contribution in [1.82, 2.24) is 0 Å². The number of carbonyl (C=O) groups excluding carboxylic acids is 2. The third-order valence-electron chi connectivity index (χ3n) is 3.24. The van der Waals surface area contributed by atoms with Crippen LogP contribution >= 0.6 is 11.6 Å². The summed E-state index contributed by atoms with van der Waals surface area (Å²) in [4.78, 5) is 23.7. The standard InChI is InChI=1S/C18H18ClNO3/c1-2-23-18(22)14-7-5-8-15(12-14)20-17(21)11-10-13-6-3-4-9-16(13)19/h3-9,12H,2,10-11H2,1H3,(H,20,21). The van der Waals surface area contributed by atoms with E-state index in [0.717, 1.165) is 5.56 Å². The summed E-state index contributed by atoms with van der Waals surface area (Å²) in [5, 5.41) is 3.44. The van der Waals surface area contributed by atoms with Crippen molar-refractivity contribution in [3.05, 3.63) is 64.7 Å². The highest BCUT2D eigenvalue weighted by molar-refractivity contribution is 6.31. The monoisotopic (exact) mass is 331 g/mol. The number of esters is 1. The molecular weight excluding hydrogens is 314 g/mol. The summed E-state index contributed by atoms with van der Waals surface area (Å²) >= 11 is 6.07. The van der Waals surface area contributed by atoms with E-state index in [0.29, 0.717) is 35.7 Å². The summed E-state index contributed by atoms with van der Waals surface area (Å²) in [6, 6.07) is 14.1. The number of benzene rings is 2. The van der Waals surface area contributed by atoms with Crippen molar-refractivity contribution in [3.63, 3.8) is 0 Å². The van der Waals surface area contributed by atoms with Crippen molar-refractivity contribution in [2.24, 2.45) is 0 Å². The third kappa shape index (κ3) is 5.11. The summed E-state index contributed by atoms with van der Waals surface area (Å²) < 4.78 is 4.94. The molecule has 0 saturated heterocycles. The molecule has 4 nitrogen and oxygen atoms in total. The highest BCUT2D eigenvalue weighted by Crippen LogP contribution is 2.17. The average molecular weight is 332 g/mol. The second-order valence-electron chi connectivity index (χ2n) is 4.94. The first-order valence-corrected chi connectivity index (χ1v) is 7.78. The van der Waals surface area contributed by atoms with Crippen molar-refractivity contribution in [1.29, 1.82) is 0 Å². The normalized spacial score (nSPS) is 10.2. The summed E-state index contributed by atoms with van der Waals surface area (Å²) in [7, 11) is 0. The van der Waals surface area contributed by atoms with Crippen LogP contribution in [-0.2, 0) is 16.0 Å². The van der Waals surface area contributed by atoms with Crippen LogP contribution in [0.3, 0.4) is 0 Å². The minimum atomic E-state index is -0.403. The van der Waals surface area contributed by atoms with Crippen molar-refractivity contribution in [2.75, 3.05) is 11.9 Å². The molecule has 0 aliphatic heterocycles. The van der Waals surface area contributed by atoms with Crippen LogP contribution in [-0.4, -0.2) is 18.5 Å². The maximum absolute atomic E-state index is 12.0. The number of ether oxygens (including phenoxy) is 1. The van der Waals surface area contributed by atoms with Crippen molar-refractivity contribution in [2.45, 2.75) is 19.8 Å². The summed E-state index contributed by atoms with van der Waals surface area (Å²) in [6.45, 7) is 2.06. The van der Waals surface area contributed by atoms with E-state index >= 15 is 0 Å². The van der Waals surface area contributed by atoms with E-state index in [-0.39, 0.29) is 5.91 Å². The predicted octanol–water partition coefficient (Wildman–Crippen LogP) is 4.09. The fourth-order valence-corrected chi connectivity index (χ4v) is 2.34. The van der Waals surface area contributed by atoms with Gasteiger partial charge in [0.2, 0.25) is 5.91 Å². The Labute approximate surface area is 140 Å². The number of nitrogens with one attached hydrogen (secondary N) is 1. The smallest absolute Gasteiger partial charge is 0.338 e. The van der Waals surface area contributed by atoms with Gasteiger partial charge in [0.25, 0.3) is 0 Å². The molecule has 0 radical (unpaired) electrons. The van der Waals surface area contributed by atoms with E-state index in [1.165, 1.54) is 0 Å². The zero-order chi connectivity index (χ0) is 16.7. The van der Waals surface area contributed by atoms with E-state index in [9.17, 15) is 9.59 Å². The van der Waals surface area contributed by atoms with Gasteiger partial charge in [-0.05, 0) is 43.2 Å². The molecule has 1 N–H and O–H groups in total. The van der Waals surface area contributed by atoms with Crippen LogP contribution in [0, 0.1) is 0 Å². The Balaban J connectivity index is 1.94. The van der Waals surface area contributed by atoms with E-state index in [1.807, 2.05) is 18.2 Å². The molecule has 23 heavy (non-hydrogen) atoms. The van der Waals surface area contributed by atoms with Gasteiger partial charge in [0, 0.05) is 17.1 Å². The van der Waals surface area contributed by atoms with Gasteiger partial charge in [-0.2, -0.15) is 0 Å². The fourth-order valence-electron chi connectivity index (χ4n) is 2.11. The van der Waals surface area contributed by atoms with Gasteiger partial charge in [-0.3, -0.25) is 4.79 Å². The second kappa shape index (κ2) is 8.34. The quantitative estimate of drug-likeness (QED) is 0.811. The molecule has 120 valence electrons. The number of amides is 1. The summed E-state index contributed by atoms with van der Waals surface area (Å²) in [5.74, 6) is -0.536. The fraction of sp³-hybridized carbons (Fsp3) is 0.222. The van der Waals surface area contributed by atoms with E-state index in [4.69, 9.17) is 16.3 Å². The third-order valence-corrected chi connectivity index (χ3v) is 3.61. The number of hydrogen-bond acceptors (Lipinski definition) is 3. The van der Waals surface area contributed by atoms with Gasteiger partial charge in [0.05, 0.1) is 12.2 Å². The van der Waals surface area contributed by atoms with Gasteiger partial charge >= 0.3 is 5.97 Å². The molecule has 0 spiro atoms. The van der Waals surface area contributed by atoms with Crippen molar-refractivity contribution in [3.8, 4) is 0 Å². The molecule has 0 atom stereocenters. The Hall–Kier alpha value is -2.33. The van der Waals surface area contributed by atoms with Crippen LogP contribution in [0.15, 0.2) is 48.5 Å². The molecule has 5 heteroatoms. The number of carbonyl (C=O) groups is 2. The number of halogens is 1. The van der Waals surface area contributed by atoms with E-state index in [2.05, 4.69) is 5.32 Å². The molecule has 0 unspecified atom stereocenters. The minimum absolute atomic E-state index is 0.133. The zero-order valence-corrected chi connectivity index (χ0v) is 13.6. The van der Waals surface area contributed by atoms with E-state index in [1.54, 1.807) is 37.3 Å². The largest absolute Gasteiger partial charge is 0.462 e. The zero-order valence-electron chi connectivity index (χ0n) is 12.8. The lowest BCUT2D eigenvalue weighted by molar-refractivity contribution is -0.116. The first-order chi connectivity index (χ1) is 11.1. The lowest BCUT2D eigenvalue weighted by Gasteiger charge is -2.08. The molecular formula is C18H18ClNO3. The van der Waals surface area contributed by atoms with Crippen LogP contribution in [0.25, 0.3) is 0 Å². The Morgan fingerprint density at radius 2 is 1.91 bits per heavy atom. The van der Waals surface area contributed by atoms with Gasteiger partial charge in [-0.1, -0.05) is 35.9 Å². The van der Waals surface area contributed by atoms with Crippen LogP contribution in [0.4, 0.5) is 5.69 Å². The molecule has 2 rings (SSSR count). The Morgan fingerprint density at radius 1 is 1.13 bits per heavy atom. The van der Waals surface area contributed by atoms with Gasteiger partial charge in [-0.25, -0.2) is 4.79 Å². The topological polar surface area (TPSA) is 55.4 Å². The molecule has 0 aliphatic rings. The Bertz CT molecular complexity index is 700. The first-order valence-electron chi connectivity index (χ1n) is 7.40. The molecule has 0 aromatic heterocycles. The number of rotatable bonds is 6. The second-order valence-corrected chi connectivity index (χ2v) is 5.35. The Morgan fingerprint density at radius 3 is 2.65 bits per heavy atom. The lowest BCUT2D eigenvalue weighted by atomic mass is 10.1. The van der Waals surface area contributed by atoms with Crippen LogP contribution in [0.2, 0.25) is 5.02 Å². The molecule has 0 aliphatic carbocycles. The number of aryl methyl sites for hydroxylation is 1. The van der Waals surface area contributed by atoms with Gasteiger partial charge in [0.1, 0.15) is 0 Å². The number of anilines is 1. The van der Waals surface area contributed by atoms with Crippen LogP contribution in [0.5, 0.6) is 0 Å². The predicted molar refractivity (Wildman–Crippen MR) is 90.8 cm³/mol. The molecule has 0 fully saturated rings. The Kier molecular flexibility index (Phi) is 6.18. The van der Waals surface area contributed by atoms with Crippen LogP contribution < -0.4 is 5.32 Å². The molecule has 0 bridgehead atoms. The summed E-state index contributed by atoms with van der Waals surface area (Å²) in [5.41, 5.74) is 1.92. The summed E-state index contributed by atoms with van der Waals surface area (Å²) in [6.07, 6.45) is 0.871. The number of hydrogen-bond donors (Lipinski definition) is 1. The highest BCUT2D eigenvalue weighted by atomic mass is 35.5. The van der Waals surface area contributed by atoms with Crippen molar-refractivity contribution >= 4 is 29.2 Å². The molecule has 0 saturated carbocycles. The molecule has 1 amide bonds. The molecule has 2 aromatic rings. The molecule has 2 aromatic carbocycles. The van der Waals surface area contributed by atoms with Gasteiger partial charge in [0.15, 0.2) is 0 Å². The van der Waals surface area contributed by atoms with E-state index < -0.39 is 5.97 Å². The minimum Gasteiger partial charge on any atom is -0.462 e. The highest BCUT2D eigenvalue weighted by Gasteiger charge is 2.09. The average Bonchev–Trinajstić information content (AvgIpc) is 2.54. The maximum Gasteiger partial charge on any atom is 0.338 e. The lowest BCUT2D eigenvalue weighted by Crippen LogP contribution is -2.13. The van der Waals surface area contributed by atoms with Crippen LogP contribution in [0.1, 0.15) is 29.3 Å². The SMILES string of the molecule is CCOC(=O)c1cccc(NC(=O)CCc2ccccc2Cl)c1. The van der Waals surface area contributed by atoms with Crippen molar-refractivity contribution < 1.29 is 14.3 Å². The maximum atomic E-state index is 12.0. The van der Waals surface area contributed by atoms with Gasteiger partial charge in [-0.15, -0.1) is 0 Å². The first kappa shape index (κ1) is 17.0.